The van der Waals surface area contributed by atoms with E-state index in [1.807, 2.05) is 18.2 Å². The third-order valence-electron chi connectivity index (χ3n) is 3.04. The molecular formula is C15H19BrN2OS. The quantitative estimate of drug-likeness (QED) is 0.589. The SMILES string of the molecule is Cc1cccc(OCCC(Cc2ccc(Br)s2)NN)c1. The Labute approximate surface area is 132 Å². The second kappa shape index (κ2) is 7.78. The van der Waals surface area contributed by atoms with E-state index in [9.17, 15) is 0 Å². The van der Waals surface area contributed by atoms with Crippen LogP contribution in [0, 0.1) is 6.92 Å². The molecule has 0 aliphatic heterocycles. The molecule has 3 N–H and O–H groups in total. The van der Waals surface area contributed by atoms with Crippen molar-refractivity contribution >= 4 is 27.3 Å². The minimum absolute atomic E-state index is 0.227. The van der Waals surface area contributed by atoms with E-state index in [1.54, 1.807) is 11.3 Å². The lowest BCUT2D eigenvalue weighted by Crippen LogP contribution is -2.37. The van der Waals surface area contributed by atoms with Crippen molar-refractivity contribution in [3.8, 4) is 5.75 Å². The van der Waals surface area contributed by atoms with Gasteiger partial charge in [0, 0.05) is 10.9 Å². The summed E-state index contributed by atoms with van der Waals surface area (Å²) >= 11 is 5.22. The van der Waals surface area contributed by atoms with Crippen molar-refractivity contribution in [2.75, 3.05) is 6.61 Å². The summed E-state index contributed by atoms with van der Waals surface area (Å²) in [6.45, 7) is 2.72. The van der Waals surface area contributed by atoms with E-state index in [2.05, 4.69) is 46.5 Å². The number of nitrogens with two attached hydrogens (primary N) is 1. The van der Waals surface area contributed by atoms with Gasteiger partial charge in [0.2, 0.25) is 0 Å². The molecule has 1 heterocycles. The molecule has 0 aliphatic rings. The summed E-state index contributed by atoms with van der Waals surface area (Å²) in [5.74, 6) is 6.53. The smallest absolute Gasteiger partial charge is 0.119 e. The van der Waals surface area contributed by atoms with Crippen molar-refractivity contribution in [3.63, 3.8) is 0 Å². The number of rotatable bonds is 7. The molecule has 0 spiro atoms. The summed E-state index contributed by atoms with van der Waals surface area (Å²) < 4.78 is 6.91. The molecule has 2 rings (SSSR count). The molecule has 0 saturated heterocycles. The monoisotopic (exact) mass is 354 g/mol. The maximum atomic E-state index is 5.76. The van der Waals surface area contributed by atoms with Gasteiger partial charge in [-0.2, -0.15) is 0 Å². The Bertz CT molecular complexity index is 544. The third-order valence-corrected chi connectivity index (χ3v) is 4.68. The zero-order valence-electron chi connectivity index (χ0n) is 11.4. The minimum atomic E-state index is 0.227. The van der Waals surface area contributed by atoms with Crippen molar-refractivity contribution in [1.29, 1.82) is 0 Å². The highest BCUT2D eigenvalue weighted by Gasteiger charge is 2.09. The fourth-order valence-electron chi connectivity index (χ4n) is 1.97. The molecule has 5 heteroatoms. The summed E-state index contributed by atoms with van der Waals surface area (Å²) in [6.07, 6.45) is 1.80. The van der Waals surface area contributed by atoms with Gasteiger partial charge in [-0.15, -0.1) is 11.3 Å². The molecule has 0 radical (unpaired) electrons. The van der Waals surface area contributed by atoms with Gasteiger partial charge in [-0.1, -0.05) is 12.1 Å². The fraction of sp³-hybridized carbons (Fsp3) is 0.333. The lowest BCUT2D eigenvalue weighted by Gasteiger charge is -2.15. The van der Waals surface area contributed by atoms with Crippen molar-refractivity contribution in [3.05, 3.63) is 50.6 Å². The van der Waals surface area contributed by atoms with Gasteiger partial charge in [0.1, 0.15) is 5.75 Å². The van der Waals surface area contributed by atoms with Gasteiger partial charge in [0.15, 0.2) is 0 Å². The summed E-state index contributed by atoms with van der Waals surface area (Å²) in [6, 6.07) is 12.5. The molecule has 1 unspecified atom stereocenters. The average molecular weight is 355 g/mol. The number of thiophene rings is 1. The number of aryl methyl sites for hydroxylation is 1. The van der Waals surface area contributed by atoms with Crippen molar-refractivity contribution in [1.82, 2.24) is 5.43 Å². The van der Waals surface area contributed by atoms with Crippen LogP contribution in [0.3, 0.4) is 0 Å². The molecule has 0 bridgehead atoms. The normalized spacial score (nSPS) is 12.3. The lowest BCUT2D eigenvalue weighted by molar-refractivity contribution is 0.285. The first-order chi connectivity index (χ1) is 9.67. The highest BCUT2D eigenvalue weighted by atomic mass is 79.9. The molecule has 0 aliphatic carbocycles. The van der Waals surface area contributed by atoms with Crippen LogP contribution in [0.5, 0.6) is 5.75 Å². The molecule has 0 fully saturated rings. The molecule has 108 valence electrons. The van der Waals surface area contributed by atoms with E-state index >= 15 is 0 Å². The van der Waals surface area contributed by atoms with E-state index in [0.29, 0.717) is 6.61 Å². The summed E-state index contributed by atoms with van der Waals surface area (Å²) in [7, 11) is 0. The average Bonchev–Trinajstić information content (AvgIpc) is 2.83. The second-order valence-electron chi connectivity index (χ2n) is 4.73. The van der Waals surface area contributed by atoms with Crippen molar-refractivity contribution < 1.29 is 4.74 Å². The molecule has 3 nitrogen and oxygen atoms in total. The molecule has 1 aromatic heterocycles. The third kappa shape index (κ3) is 4.90. The van der Waals surface area contributed by atoms with E-state index < -0.39 is 0 Å². The first kappa shape index (κ1) is 15.5. The Kier molecular flexibility index (Phi) is 6.04. The molecular weight excluding hydrogens is 336 g/mol. The van der Waals surface area contributed by atoms with E-state index in [1.165, 1.54) is 10.4 Å². The maximum absolute atomic E-state index is 5.76. The number of halogens is 1. The van der Waals surface area contributed by atoms with Gasteiger partial charge >= 0.3 is 0 Å². The van der Waals surface area contributed by atoms with E-state index in [-0.39, 0.29) is 6.04 Å². The molecule has 20 heavy (non-hydrogen) atoms. The molecule has 0 saturated carbocycles. The van der Waals surface area contributed by atoms with E-state index in [0.717, 1.165) is 22.4 Å². The van der Waals surface area contributed by atoms with E-state index in [4.69, 9.17) is 10.6 Å². The molecule has 1 aromatic carbocycles. The number of nitrogens with one attached hydrogen (secondary N) is 1. The standard InChI is InChI=1S/C15H19BrN2OS/c1-11-3-2-4-13(9-11)19-8-7-12(18-17)10-14-5-6-15(16)20-14/h2-6,9,12,18H,7-8,10,17H2,1H3. The van der Waals surface area contributed by atoms with Crippen LogP contribution in [0.2, 0.25) is 0 Å². The predicted molar refractivity (Wildman–Crippen MR) is 88.1 cm³/mol. The number of ether oxygens (including phenoxy) is 1. The number of benzene rings is 1. The van der Waals surface area contributed by atoms with Crippen LogP contribution in [-0.4, -0.2) is 12.6 Å². The molecule has 2 aromatic rings. The highest BCUT2D eigenvalue weighted by molar-refractivity contribution is 9.11. The van der Waals surface area contributed by atoms with Crippen LogP contribution in [0.1, 0.15) is 16.9 Å². The first-order valence-corrected chi connectivity index (χ1v) is 8.18. The number of hydrogen-bond acceptors (Lipinski definition) is 4. The topological polar surface area (TPSA) is 47.3 Å². The van der Waals surface area contributed by atoms with Crippen LogP contribution in [0.25, 0.3) is 0 Å². The fourth-order valence-corrected chi connectivity index (χ4v) is 3.54. The van der Waals surface area contributed by atoms with Gasteiger partial charge < -0.3 is 4.74 Å². The van der Waals surface area contributed by atoms with Gasteiger partial charge in [-0.05, 0) is 65.5 Å². The Morgan fingerprint density at radius 2 is 2.20 bits per heavy atom. The summed E-state index contributed by atoms with van der Waals surface area (Å²) in [5, 5.41) is 0. The zero-order valence-corrected chi connectivity index (χ0v) is 13.8. The largest absolute Gasteiger partial charge is 0.494 e. The number of hydrazine groups is 1. The van der Waals surface area contributed by atoms with Gasteiger partial charge in [0.25, 0.3) is 0 Å². The zero-order chi connectivity index (χ0) is 14.4. The second-order valence-corrected chi connectivity index (χ2v) is 7.27. The Morgan fingerprint density at radius 1 is 1.35 bits per heavy atom. The Balaban J connectivity index is 1.79. The molecule has 0 amide bonds. The molecule has 1 atom stereocenters. The van der Waals surface area contributed by atoms with Crippen LogP contribution in [0.15, 0.2) is 40.2 Å². The van der Waals surface area contributed by atoms with Crippen molar-refractivity contribution in [2.45, 2.75) is 25.8 Å². The minimum Gasteiger partial charge on any atom is -0.494 e. The predicted octanol–water partition coefficient (Wildman–Crippen LogP) is 3.66. The van der Waals surface area contributed by atoms with Crippen LogP contribution >= 0.6 is 27.3 Å². The van der Waals surface area contributed by atoms with Crippen molar-refractivity contribution in [2.24, 2.45) is 5.84 Å². The van der Waals surface area contributed by atoms with Gasteiger partial charge in [0.05, 0.1) is 10.4 Å². The summed E-state index contributed by atoms with van der Waals surface area (Å²) in [5.41, 5.74) is 4.08. The van der Waals surface area contributed by atoms with Crippen LogP contribution in [-0.2, 0) is 6.42 Å². The Hall–Kier alpha value is -0.880. The Morgan fingerprint density at radius 3 is 2.85 bits per heavy atom. The first-order valence-electron chi connectivity index (χ1n) is 6.57. The highest BCUT2D eigenvalue weighted by Crippen LogP contribution is 2.23. The number of hydrogen-bond donors (Lipinski definition) is 2. The van der Waals surface area contributed by atoms with Gasteiger partial charge in [-0.3, -0.25) is 11.3 Å². The summed E-state index contributed by atoms with van der Waals surface area (Å²) in [4.78, 5) is 1.32. The van der Waals surface area contributed by atoms with Crippen LogP contribution < -0.4 is 16.0 Å². The maximum Gasteiger partial charge on any atom is 0.119 e. The lowest BCUT2D eigenvalue weighted by atomic mass is 10.1. The van der Waals surface area contributed by atoms with Crippen LogP contribution in [0.4, 0.5) is 0 Å². The van der Waals surface area contributed by atoms with Gasteiger partial charge in [-0.25, -0.2) is 0 Å².